The van der Waals surface area contributed by atoms with Crippen LogP contribution in [0.4, 0.5) is 5.69 Å². The van der Waals surface area contributed by atoms with Crippen molar-refractivity contribution < 1.29 is 19.1 Å². The molecule has 2 rings (SSSR count). The first-order valence-electron chi connectivity index (χ1n) is 8.61. The first-order chi connectivity index (χ1) is 13.4. The highest BCUT2D eigenvalue weighted by Gasteiger charge is 2.10. The van der Waals surface area contributed by atoms with E-state index in [1.807, 2.05) is 13.8 Å². The molecule has 0 aromatic heterocycles. The minimum Gasteiger partial charge on any atom is -0.493 e. The number of benzene rings is 2. The molecule has 0 aliphatic rings. The second kappa shape index (κ2) is 10.3. The van der Waals surface area contributed by atoms with Crippen LogP contribution in [0.15, 0.2) is 41.5 Å². The van der Waals surface area contributed by atoms with Gasteiger partial charge in [-0.05, 0) is 55.3 Å². The molecule has 148 valence electrons. The molecule has 0 spiro atoms. The average Bonchev–Trinajstić information content (AvgIpc) is 2.65. The number of hydrazone groups is 1. The Morgan fingerprint density at radius 2 is 1.93 bits per heavy atom. The van der Waals surface area contributed by atoms with Gasteiger partial charge in [-0.15, -0.1) is 0 Å². The van der Waals surface area contributed by atoms with E-state index in [-0.39, 0.29) is 6.42 Å². The first-order valence-corrected chi connectivity index (χ1v) is 8.99. The molecule has 8 heteroatoms. The Morgan fingerprint density at radius 1 is 1.14 bits per heavy atom. The number of nitrogens with zero attached hydrogens (tertiary/aromatic N) is 1. The standard InChI is InChI=1S/C20H22ClN3O4/c1-4-28-18-9-14(6-8-17(18)27-3)12-22-24-20(26)11-19(25)23-15-7-5-13(2)16(21)10-15/h5-10,12H,4,11H2,1-3H3,(H,23,25)(H,24,26). The quantitative estimate of drug-likeness (QED) is 0.401. The summed E-state index contributed by atoms with van der Waals surface area (Å²) in [6.07, 6.45) is 1.09. The highest BCUT2D eigenvalue weighted by atomic mass is 35.5. The van der Waals surface area contributed by atoms with E-state index in [4.69, 9.17) is 21.1 Å². The monoisotopic (exact) mass is 403 g/mol. The number of carbonyl (C=O) groups is 2. The highest BCUT2D eigenvalue weighted by molar-refractivity contribution is 6.31. The number of ether oxygens (including phenoxy) is 2. The van der Waals surface area contributed by atoms with Crippen LogP contribution in [0.1, 0.15) is 24.5 Å². The molecule has 2 aromatic rings. The van der Waals surface area contributed by atoms with E-state index in [0.29, 0.717) is 34.4 Å². The molecular formula is C20H22ClN3O4. The fourth-order valence-corrected chi connectivity index (χ4v) is 2.46. The predicted octanol–water partition coefficient (Wildman–Crippen LogP) is 3.53. The zero-order valence-corrected chi connectivity index (χ0v) is 16.7. The van der Waals surface area contributed by atoms with Gasteiger partial charge < -0.3 is 14.8 Å². The minimum absolute atomic E-state index is 0.365. The number of carbonyl (C=O) groups excluding carboxylic acids is 2. The van der Waals surface area contributed by atoms with Crippen molar-refractivity contribution in [1.82, 2.24) is 5.43 Å². The van der Waals surface area contributed by atoms with E-state index >= 15 is 0 Å². The largest absolute Gasteiger partial charge is 0.493 e. The molecule has 0 atom stereocenters. The maximum atomic E-state index is 11.9. The van der Waals surface area contributed by atoms with E-state index in [0.717, 1.165) is 5.56 Å². The third kappa shape index (κ3) is 6.28. The van der Waals surface area contributed by atoms with Crippen molar-refractivity contribution >= 4 is 35.3 Å². The summed E-state index contributed by atoms with van der Waals surface area (Å²) in [4.78, 5) is 23.8. The number of halogens is 1. The van der Waals surface area contributed by atoms with Gasteiger partial charge in [-0.1, -0.05) is 17.7 Å². The Labute approximate surface area is 168 Å². The smallest absolute Gasteiger partial charge is 0.249 e. The van der Waals surface area contributed by atoms with Crippen molar-refractivity contribution in [2.24, 2.45) is 5.10 Å². The summed E-state index contributed by atoms with van der Waals surface area (Å²) in [6, 6.07) is 10.4. The molecule has 2 amide bonds. The van der Waals surface area contributed by atoms with Gasteiger partial charge in [-0.2, -0.15) is 5.10 Å². The SMILES string of the molecule is CCOc1cc(C=NNC(=O)CC(=O)Nc2ccc(C)c(Cl)c2)ccc1OC. The molecule has 0 unspecified atom stereocenters. The summed E-state index contributed by atoms with van der Waals surface area (Å²) in [5, 5.41) is 7.02. The third-order valence-electron chi connectivity index (χ3n) is 3.67. The number of hydrogen-bond donors (Lipinski definition) is 2. The molecule has 0 bridgehead atoms. The van der Waals surface area contributed by atoms with Gasteiger partial charge in [0.05, 0.1) is 19.9 Å². The molecule has 0 aliphatic heterocycles. The van der Waals surface area contributed by atoms with Gasteiger partial charge in [0, 0.05) is 10.7 Å². The van der Waals surface area contributed by atoms with Gasteiger partial charge in [-0.25, -0.2) is 5.43 Å². The average molecular weight is 404 g/mol. The molecule has 0 heterocycles. The summed E-state index contributed by atoms with van der Waals surface area (Å²) in [5.41, 5.74) is 4.46. The number of aryl methyl sites for hydroxylation is 1. The number of hydrogen-bond acceptors (Lipinski definition) is 5. The van der Waals surface area contributed by atoms with E-state index in [9.17, 15) is 9.59 Å². The van der Waals surface area contributed by atoms with Gasteiger partial charge >= 0.3 is 0 Å². The molecule has 2 N–H and O–H groups in total. The number of methoxy groups -OCH3 is 1. The van der Waals surface area contributed by atoms with Gasteiger partial charge in [0.15, 0.2) is 11.5 Å². The maximum Gasteiger partial charge on any atom is 0.249 e. The fourth-order valence-electron chi connectivity index (χ4n) is 2.28. The van der Waals surface area contributed by atoms with Crippen LogP contribution in [0.2, 0.25) is 5.02 Å². The minimum atomic E-state index is -0.537. The second-order valence-corrected chi connectivity index (χ2v) is 6.23. The van der Waals surface area contributed by atoms with Crippen molar-refractivity contribution in [3.8, 4) is 11.5 Å². The molecule has 0 saturated carbocycles. The lowest BCUT2D eigenvalue weighted by Crippen LogP contribution is -2.24. The maximum absolute atomic E-state index is 11.9. The molecule has 0 aliphatic carbocycles. The number of anilines is 1. The first kappa shape index (κ1) is 21.2. The Hall–Kier alpha value is -3.06. The van der Waals surface area contributed by atoms with Crippen LogP contribution >= 0.6 is 11.6 Å². The van der Waals surface area contributed by atoms with Gasteiger partial charge in [0.2, 0.25) is 11.8 Å². The van der Waals surface area contributed by atoms with E-state index in [1.54, 1.807) is 43.5 Å². The molecule has 0 fully saturated rings. The molecule has 0 radical (unpaired) electrons. The summed E-state index contributed by atoms with van der Waals surface area (Å²) >= 11 is 6.01. The number of rotatable bonds is 8. The normalized spacial score (nSPS) is 10.6. The van der Waals surface area contributed by atoms with Gasteiger partial charge in [0.1, 0.15) is 6.42 Å². The zero-order valence-electron chi connectivity index (χ0n) is 15.9. The predicted molar refractivity (Wildman–Crippen MR) is 109 cm³/mol. The molecule has 0 saturated heterocycles. The van der Waals surface area contributed by atoms with Crippen molar-refractivity contribution in [3.05, 3.63) is 52.5 Å². The van der Waals surface area contributed by atoms with E-state index in [2.05, 4.69) is 15.8 Å². The van der Waals surface area contributed by atoms with Crippen molar-refractivity contribution in [2.45, 2.75) is 20.3 Å². The van der Waals surface area contributed by atoms with E-state index in [1.165, 1.54) is 6.21 Å². The second-order valence-electron chi connectivity index (χ2n) is 5.83. The van der Waals surface area contributed by atoms with Crippen molar-refractivity contribution in [2.75, 3.05) is 19.0 Å². The Bertz CT molecular complexity index is 884. The van der Waals surface area contributed by atoms with Crippen LogP contribution in [0.5, 0.6) is 11.5 Å². The third-order valence-corrected chi connectivity index (χ3v) is 4.07. The Kier molecular flexibility index (Phi) is 7.83. The lowest BCUT2D eigenvalue weighted by Gasteiger charge is -2.09. The van der Waals surface area contributed by atoms with Crippen molar-refractivity contribution in [1.29, 1.82) is 0 Å². The van der Waals surface area contributed by atoms with Crippen LogP contribution in [-0.2, 0) is 9.59 Å². The highest BCUT2D eigenvalue weighted by Crippen LogP contribution is 2.27. The fraction of sp³-hybridized carbons (Fsp3) is 0.250. The van der Waals surface area contributed by atoms with E-state index < -0.39 is 11.8 Å². The number of amides is 2. The zero-order chi connectivity index (χ0) is 20.5. The van der Waals surface area contributed by atoms with Crippen LogP contribution in [0, 0.1) is 6.92 Å². The Balaban J connectivity index is 1.88. The summed E-state index contributed by atoms with van der Waals surface area (Å²) in [5.74, 6) is 0.188. The van der Waals surface area contributed by atoms with Crippen LogP contribution in [-0.4, -0.2) is 31.7 Å². The van der Waals surface area contributed by atoms with Crippen LogP contribution in [0.3, 0.4) is 0 Å². The molecular weight excluding hydrogens is 382 g/mol. The van der Waals surface area contributed by atoms with Gasteiger partial charge in [-0.3, -0.25) is 9.59 Å². The Morgan fingerprint density at radius 3 is 2.61 bits per heavy atom. The molecule has 28 heavy (non-hydrogen) atoms. The lowest BCUT2D eigenvalue weighted by atomic mass is 10.2. The molecule has 7 nitrogen and oxygen atoms in total. The van der Waals surface area contributed by atoms with Gasteiger partial charge in [0.25, 0.3) is 0 Å². The number of nitrogens with one attached hydrogen (secondary N) is 2. The van der Waals surface area contributed by atoms with Crippen LogP contribution < -0.4 is 20.2 Å². The topological polar surface area (TPSA) is 89.0 Å². The summed E-state index contributed by atoms with van der Waals surface area (Å²) < 4.78 is 10.7. The summed E-state index contributed by atoms with van der Waals surface area (Å²) in [7, 11) is 1.56. The molecule has 2 aromatic carbocycles. The summed E-state index contributed by atoms with van der Waals surface area (Å²) in [6.45, 7) is 4.23. The van der Waals surface area contributed by atoms with Crippen molar-refractivity contribution in [3.63, 3.8) is 0 Å². The van der Waals surface area contributed by atoms with Crippen LogP contribution in [0.25, 0.3) is 0 Å². The lowest BCUT2D eigenvalue weighted by molar-refractivity contribution is -0.126.